The van der Waals surface area contributed by atoms with Gasteiger partial charge in [0.25, 0.3) is 11.8 Å². The molecule has 7 nitrogen and oxygen atoms in total. The maximum atomic E-state index is 13.0. The number of nitrogens with one attached hydrogen (secondary N) is 2. The van der Waals surface area contributed by atoms with Crippen LogP contribution in [0.2, 0.25) is 0 Å². The molecule has 3 aromatic rings. The Morgan fingerprint density at radius 3 is 2.64 bits per heavy atom. The van der Waals surface area contributed by atoms with E-state index >= 15 is 0 Å². The molecule has 0 saturated carbocycles. The number of carbonyl (C=O) groups excluding carboxylic acids is 2. The fraction of sp³-hybridized carbons (Fsp3) is 0.429. The maximum absolute atomic E-state index is 13.0. The number of nitrogens with zero attached hydrogens (tertiary/aromatic N) is 1. The first-order chi connectivity index (χ1) is 17.1. The molecule has 1 atom stereocenters. The molecule has 0 unspecified atom stereocenters. The molecule has 3 aliphatic rings. The van der Waals surface area contributed by atoms with E-state index in [0.717, 1.165) is 55.4 Å². The van der Waals surface area contributed by atoms with Crippen LogP contribution in [-0.2, 0) is 4.74 Å². The molecule has 2 amide bonds. The van der Waals surface area contributed by atoms with Crippen molar-refractivity contribution in [2.24, 2.45) is 5.92 Å². The number of amides is 2. The summed E-state index contributed by atoms with van der Waals surface area (Å²) in [4.78, 5) is 28.1. The summed E-state index contributed by atoms with van der Waals surface area (Å²) in [5.41, 5.74) is 2.97. The van der Waals surface area contributed by atoms with E-state index in [1.165, 1.54) is 0 Å². The minimum atomic E-state index is -0.161. The van der Waals surface area contributed by atoms with Crippen LogP contribution in [0.1, 0.15) is 47.1 Å². The van der Waals surface area contributed by atoms with Gasteiger partial charge in [0, 0.05) is 48.9 Å². The molecule has 2 bridgehead atoms. The normalized spacial score (nSPS) is 20.6. The van der Waals surface area contributed by atoms with E-state index in [4.69, 9.17) is 9.15 Å². The average molecular weight is 512 g/mol. The molecular formula is C28H34ClN3O4. The molecule has 192 valence electrons. The van der Waals surface area contributed by atoms with Crippen molar-refractivity contribution < 1.29 is 18.7 Å². The molecule has 1 aromatic heterocycles. The van der Waals surface area contributed by atoms with Crippen molar-refractivity contribution >= 4 is 35.2 Å². The number of benzene rings is 2. The van der Waals surface area contributed by atoms with Gasteiger partial charge in [-0.2, -0.15) is 0 Å². The Labute approximate surface area is 218 Å². The zero-order chi connectivity index (χ0) is 24.2. The van der Waals surface area contributed by atoms with Gasteiger partial charge in [0.2, 0.25) is 0 Å². The van der Waals surface area contributed by atoms with E-state index in [1.54, 1.807) is 6.07 Å². The standard InChI is InChI=1S/C28H33N3O4.ClH/c1-2-34-15-5-12-29-27(32)22-8-3-6-20(16-22)23-9-4-7-21-17-25(35-26(21)23)28(33)30-24-18-31-13-10-19(24)11-14-31;/h3-4,6-9,16-17,19,24H,2,5,10-15,18H2,1H3,(H,29,32)(H,30,33);1H/t24-;/m0./s1. The molecule has 0 spiro atoms. The predicted octanol–water partition coefficient (Wildman–Crippen LogP) is 4.50. The van der Waals surface area contributed by atoms with Crippen molar-refractivity contribution in [3.8, 4) is 11.1 Å². The molecule has 2 aromatic carbocycles. The minimum absolute atomic E-state index is 0. The fourth-order valence-electron chi connectivity index (χ4n) is 5.22. The van der Waals surface area contributed by atoms with Gasteiger partial charge in [-0.15, -0.1) is 12.4 Å². The van der Waals surface area contributed by atoms with Gasteiger partial charge in [0.1, 0.15) is 5.58 Å². The number of hydrogen-bond acceptors (Lipinski definition) is 5. The number of furan rings is 1. The monoisotopic (exact) mass is 511 g/mol. The zero-order valence-electron chi connectivity index (χ0n) is 20.6. The van der Waals surface area contributed by atoms with Gasteiger partial charge < -0.3 is 24.7 Å². The lowest BCUT2D eigenvalue weighted by Crippen LogP contribution is -2.57. The molecule has 4 heterocycles. The number of halogens is 1. The summed E-state index contributed by atoms with van der Waals surface area (Å²) in [6.07, 6.45) is 3.06. The van der Waals surface area contributed by atoms with E-state index in [1.807, 2.05) is 49.4 Å². The second-order valence-electron chi connectivity index (χ2n) is 9.44. The van der Waals surface area contributed by atoms with Gasteiger partial charge in [-0.1, -0.05) is 30.3 Å². The van der Waals surface area contributed by atoms with E-state index in [9.17, 15) is 9.59 Å². The molecule has 3 aliphatic heterocycles. The predicted molar refractivity (Wildman–Crippen MR) is 143 cm³/mol. The SMILES string of the molecule is CCOCCCNC(=O)c1cccc(-c2cccc3cc(C(=O)N[C@H]4CN5CCC4CC5)oc23)c1.Cl. The highest BCUT2D eigenvalue weighted by atomic mass is 35.5. The van der Waals surface area contributed by atoms with E-state index in [-0.39, 0.29) is 30.3 Å². The average Bonchev–Trinajstić information content (AvgIpc) is 3.34. The van der Waals surface area contributed by atoms with Crippen LogP contribution < -0.4 is 10.6 Å². The molecule has 8 heteroatoms. The lowest BCUT2D eigenvalue weighted by molar-refractivity contribution is 0.0607. The second kappa shape index (κ2) is 11.9. The molecule has 3 fully saturated rings. The number of ether oxygens (including phenoxy) is 1. The highest BCUT2D eigenvalue weighted by Gasteiger charge is 2.35. The number of carbonyl (C=O) groups is 2. The highest BCUT2D eigenvalue weighted by Crippen LogP contribution is 2.32. The Kier molecular flexibility index (Phi) is 8.67. The van der Waals surface area contributed by atoms with Crippen LogP contribution in [0.25, 0.3) is 22.1 Å². The van der Waals surface area contributed by atoms with Crippen LogP contribution in [0.4, 0.5) is 0 Å². The summed E-state index contributed by atoms with van der Waals surface area (Å²) >= 11 is 0. The van der Waals surface area contributed by atoms with Crippen LogP contribution in [0.15, 0.2) is 52.9 Å². The van der Waals surface area contributed by atoms with Crippen LogP contribution >= 0.6 is 12.4 Å². The molecule has 2 N–H and O–H groups in total. The Morgan fingerprint density at radius 1 is 1.08 bits per heavy atom. The number of piperidine rings is 3. The number of para-hydroxylation sites is 1. The highest BCUT2D eigenvalue weighted by molar-refractivity contribution is 6.01. The van der Waals surface area contributed by atoms with Gasteiger partial charge in [-0.05, 0) is 69.0 Å². The Balaban J connectivity index is 0.00000304. The quantitative estimate of drug-likeness (QED) is 0.413. The number of hydrogen-bond donors (Lipinski definition) is 2. The molecular weight excluding hydrogens is 478 g/mol. The van der Waals surface area contributed by atoms with Crippen molar-refractivity contribution in [2.45, 2.75) is 32.2 Å². The Bertz CT molecular complexity index is 1200. The summed E-state index contributed by atoms with van der Waals surface area (Å²) in [7, 11) is 0. The van der Waals surface area contributed by atoms with Crippen molar-refractivity contribution in [2.75, 3.05) is 39.4 Å². The third kappa shape index (κ3) is 5.75. The fourth-order valence-corrected chi connectivity index (χ4v) is 5.22. The number of rotatable bonds is 9. The maximum Gasteiger partial charge on any atom is 0.287 e. The van der Waals surface area contributed by atoms with Crippen molar-refractivity contribution in [1.82, 2.24) is 15.5 Å². The van der Waals surface area contributed by atoms with Gasteiger partial charge in [0.15, 0.2) is 5.76 Å². The van der Waals surface area contributed by atoms with Gasteiger partial charge in [0.05, 0.1) is 0 Å². The second-order valence-corrected chi connectivity index (χ2v) is 9.44. The first-order valence-electron chi connectivity index (χ1n) is 12.6. The van der Waals surface area contributed by atoms with Crippen molar-refractivity contribution in [1.29, 1.82) is 0 Å². The first-order valence-corrected chi connectivity index (χ1v) is 12.6. The summed E-state index contributed by atoms with van der Waals surface area (Å²) in [5.74, 6) is 0.600. The van der Waals surface area contributed by atoms with Gasteiger partial charge >= 0.3 is 0 Å². The molecule has 3 saturated heterocycles. The Morgan fingerprint density at radius 2 is 1.89 bits per heavy atom. The largest absolute Gasteiger partial charge is 0.450 e. The zero-order valence-corrected chi connectivity index (χ0v) is 21.4. The molecule has 36 heavy (non-hydrogen) atoms. The lowest BCUT2D eigenvalue weighted by Gasteiger charge is -2.44. The van der Waals surface area contributed by atoms with Crippen molar-refractivity contribution in [3.63, 3.8) is 0 Å². The molecule has 6 rings (SSSR count). The third-order valence-corrected chi connectivity index (χ3v) is 7.13. The third-order valence-electron chi connectivity index (χ3n) is 7.13. The summed E-state index contributed by atoms with van der Waals surface area (Å²) in [6.45, 7) is 7.02. The van der Waals surface area contributed by atoms with Crippen LogP contribution in [0, 0.1) is 5.92 Å². The first kappa shape index (κ1) is 26.2. The van der Waals surface area contributed by atoms with Gasteiger partial charge in [-0.25, -0.2) is 0 Å². The van der Waals surface area contributed by atoms with E-state index in [0.29, 0.717) is 42.6 Å². The molecule has 0 radical (unpaired) electrons. The van der Waals surface area contributed by atoms with Gasteiger partial charge in [-0.3, -0.25) is 9.59 Å². The van der Waals surface area contributed by atoms with Crippen LogP contribution in [0.3, 0.4) is 0 Å². The molecule has 0 aliphatic carbocycles. The van der Waals surface area contributed by atoms with Crippen molar-refractivity contribution in [3.05, 3.63) is 59.9 Å². The smallest absolute Gasteiger partial charge is 0.287 e. The number of fused-ring (bicyclic) bond motifs is 4. The van der Waals surface area contributed by atoms with E-state index in [2.05, 4.69) is 15.5 Å². The van der Waals surface area contributed by atoms with Crippen LogP contribution in [-0.4, -0.2) is 62.1 Å². The minimum Gasteiger partial charge on any atom is -0.450 e. The summed E-state index contributed by atoms with van der Waals surface area (Å²) in [5, 5.41) is 7.02. The summed E-state index contributed by atoms with van der Waals surface area (Å²) in [6, 6.07) is 15.3. The van der Waals surface area contributed by atoms with E-state index < -0.39 is 0 Å². The lowest BCUT2D eigenvalue weighted by atomic mass is 9.84. The topological polar surface area (TPSA) is 83.8 Å². The summed E-state index contributed by atoms with van der Waals surface area (Å²) < 4.78 is 11.4. The Hall–Kier alpha value is -2.87. The van der Waals surface area contributed by atoms with Crippen LogP contribution in [0.5, 0.6) is 0 Å².